The molecule has 4 aromatic rings. The molecule has 2 heterocycles. The minimum absolute atomic E-state index is 0.127. The smallest absolute Gasteiger partial charge is 0.340 e. The fourth-order valence-electron chi connectivity index (χ4n) is 3.70. The number of carbonyl (C=O) groups is 1. The molecule has 148 valence electrons. The number of hydrogen-bond donors (Lipinski definition) is 1. The summed E-state index contributed by atoms with van der Waals surface area (Å²) < 4.78 is 12.8. The Morgan fingerprint density at radius 3 is 2.55 bits per heavy atom. The Labute approximate surface area is 169 Å². The molecule has 5 heteroatoms. The van der Waals surface area contributed by atoms with E-state index in [2.05, 4.69) is 0 Å². The van der Waals surface area contributed by atoms with Crippen LogP contribution in [0.5, 0.6) is 5.75 Å². The second kappa shape index (κ2) is 7.51. The zero-order valence-corrected chi connectivity index (χ0v) is 16.7. The van der Waals surface area contributed by atoms with Gasteiger partial charge in [-0.1, -0.05) is 29.8 Å². The lowest BCUT2D eigenvalue weighted by atomic mass is 10.0. The molecule has 0 unspecified atom stereocenters. The van der Waals surface area contributed by atoms with Gasteiger partial charge in [0.15, 0.2) is 0 Å². The molecule has 4 rings (SSSR count). The molecule has 1 N–H and O–H groups in total. The zero-order valence-electron chi connectivity index (χ0n) is 16.7. The first-order valence-electron chi connectivity index (χ1n) is 9.62. The van der Waals surface area contributed by atoms with Gasteiger partial charge < -0.3 is 18.8 Å². The maximum atomic E-state index is 12.7. The molecule has 0 saturated heterocycles. The second-order valence-electron chi connectivity index (χ2n) is 7.10. The lowest BCUT2D eigenvalue weighted by molar-refractivity contribution is 0.0527. The SMILES string of the molecule is CCOC(=O)c1c(C)n(Cc2ccco2)c2cc(-c3ccc(C)cc3)c(O)cc12. The zero-order chi connectivity index (χ0) is 20.5. The predicted molar refractivity (Wildman–Crippen MR) is 112 cm³/mol. The van der Waals surface area contributed by atoms with Crippen LogP contribution < -0.4 is 0 Å². The largest absolute Gasteiger partial charge is 0.507 e. The van der Waals surface area contributed by atoms with E-state index < -0.39 is 5.97 Å². The summed E-state index contributed by atoms with van der Waals surface area (Å²) in [6.07, 6.45) is 1.63. The summed E-state index contributed by atoms with van der Waals surface area (Å²) in [7, 11) is 0. The Bertz CT molecular complexity index is 1170. The number of aromatic nitrogens is 1. The number of rotatable bonds is 5. The van der Waals surface area contributed by atoms with Gasteiger partial charge in [0.1, 0.15) is 11.5 Å². The first kappa shape index (κ1) is 18.9. The fraction of sp³-hybridized carbons (Fsp3) is 0.208. The maximum Gasteiger partial charge on any atom is 0.340 e. The van der Waals surface area contributed by atoms with Crippen LogP contribution in [0.3, 0.4) is 0 Å². The van der Waals surface area contributed by atoms with E-state index in [1.54, 1.807) is 19.3 Å². The van der Waals surface area contributed by atoms with Crippen LogP contribution in [0.2, 0.25) is 0 Å². The monoisotopic (exact) mass is 389 g/mol. The van der Waals surface area contributed by atoms with Crippen molar-refractivity contribution in [2.45, 2.75) is 27.3 Å². The molecule has 2 aromatic heterocycles. The van der Waals surface area contributed by atoms with Gasteiger partial charge in [-0.15, -0.1) is 0 Å². The van der Waals surface area contributed by atoms with Crippen molar-refractivity contribution in [3.63, 3.8) is 0 Å². The highest BCUT2D eigenvalue weighted by molar-refractivity contribution is 6.07. The number of benzene rings is 2. The first-order chi connectivity index (χ1) is 14.0. The van der Waals surface area contributed by atoms with E-state index in [1.165, 1.54) is 0 Å². The predicted octanol–water partition coefficient (Wildman–Crippen LogP) is 5.45. The van der Waals surface area contributed by atoms with Crippen LogP contribution in [-0.2, 0) is 11.3 Å². The van der Waals surface area contributed by atoms with E-state index in [4.69, 9.17) is 9.15 Å². The summed E-state index contributed by atoms with van der Waals surface area (Å²) >= 11 is 0. The summed E-state index contributed by atoms with van der Waals surface area (Å²) in [4.78, 5) is 12.7. The lowest BCUT2D eigenvalue weighted by Crippen LogP contribution is -2.08. The van der Waals surface area contributed by atoms with Crippen molar-refractivity contribution in [1.82, 2.24) is 4.57 Å². The Morgan fingerprint density at radius 2 is 1.90 bits per heavy atom. The Morgan fingerprint density at radius 1 is 1.14 bits per heavy atom. The third-order valence-corrected chi connectivity index (χ3v) is 5.18. The molecule has 0 fully saturated rings. The molecule has 0 radical (unpaired) electrons. The second-order valence-corrected chi connectivity index (χ2v) is 7.10. The van der Waals surface area contributed by atoms with E-state index in [0.29, 0.717) is 23.1 Å². The molecule has 2 aromatic carbocycles. The molecule has 0 atom stereocenters. The van der Waals surface area contributed by atoms with Crippen molar-refractivity contribution in [1.29, 1.82) is 0 Å². The van der Waals surface area contributed by atoms with Gasteiger partial charge in [0.25, 0.3) is 0 Å². The van der Waals surface area contributed by atoms with E-state index >= 15 is 0 Å². The van der Waals surface area contributed by atoms with Crippen LogP contribution in [-0.4, -0.2) is 22.2 Å². The molecule has 0 spiro atoms. The number of ether oxygens (including phenoxy) is 1. The van der Waals surface area contributed by atoms with E-state index in [0.717, 1.165) is 28.1 Å². The van der Waals surface area contributed by atoms with E-state index in [9.17, 15) is 9.90 Å². The molecule has 0 aliphatic heterocycles. The van der Waals surface area contributed by atoms with Gasteiger partial charge >= 0.3 is 5.97 Å². The minimum atomic E-state index is -0.393. The number of aryl methyl sites for hydroxylation is 1. The average Bonchev–Trinajstić information content (AvgIpc) is 3.29. The van der Waals surface area contributed by atoms with Crippen LogP contribution in [0.4, 0.5) is 0 Å². The Balaban J connectivity index is 1.95. The van der Waals surface area contributed by atoms with Crippen molar-refractivity contribution in [3.05, 3.63) is 77.4 Å². The number of hydrogen-bond acceptors (Lipinski definition) is 4. The molecule has 0 amide bonds. The number of fused-ring (bicyclic) bond motifs is 1. The summed E-state index contributed by atoms with van der Waals surface area (Å²) in [5.74, 6) is 0.517. The summed E-state index contributed by atoms with van der Waals surface area (Å²) in [6.45, 7) is 6.46. The van der Waals surface area contributed by atoms with Crippen LogP contribution in [0, 0.1) is 13.8 Å². The molecule has 0 aliphatic carbocycles. The molecule has 5 nitrogen and oxygen atoms in total. The van der Waals surface area contributed by atoms with Crippen molar-refractivity contribution in [2.75, 3.05) is 6.61 Å². The Hall–Kier alpha value is -3.47. The highest BCUT2D eigenvalue weighted by Gasteiger charge is 2.23. The van der Waals surface area contributed by atoms with E-state index in [1.807, 2.05) is 60.9 Å². The number of carbonyl (C=O) groups excluding carboxylic acids is 1. The topological polar surface area (TPSA) is 64.6 Å². The average molecular weight is 389 g/mol. The number of esters is 1. The summed E-state index contributed by atoms with van der Waals surface area (Å²) in [5, 5.41) is 11.4. The van der Waals surface area contributed by atoms with Crippen LogP contribution in [0.1, 0.15) is 34.3 Å². The standard InChI is InChI=1S/C24H23NO4/c1-4-28-24(27)23-16(3)25(14-18-6-5-11-29-18)21-12-19(22(26)13-20(21)23)17-9-7-15(2)8-10-17/h5-13,26H,4,14H2,1-3H3. The fourth-order valence-corrected chi connectivity index (χ4v) is 3.70. The van der Waals surface area contributed by atoms with Gasteiger partial charge in [0.2, 0.25) is 0 Å². The molecule has 0 bridgehead atoms. The Kier molecular flexibility index (Phi) is 4.89. The molecule has 0 saturated carbocycles. The van der Waals surface area contributed by atoms with Crippen LogP contribution in [0.25, 0.3) is 22.0 Å². The third kappa shape index (κ3) is 3.40. The quantitative estimate of drug-likeness (QED) is 0.461. The number of aromatic hydroxyl groups is 1. The molecule has 0 aliphatic rings. The number of nitrogens with zero attached hydrogens (tertiary/aromatic N) is 1. The summed E-state index contributed by atoms with van der Waals surface area (Å²) in [6, 6.07) is 15.3. The highest BCUT2D eigenvalue weighted by Crippen LogP contribution is 2.37. The minimum Gasteiger partial charge on any atom is -0.507 e. The third-order valence-electron chi connectivity index (χ3n) is 5.18. The van der Waals surface area contributed by atoms with Crippen molar-refractivity contribution in [2.24, 2.45) is 0 Å². The van der Waals surface area contributed by atoms with Gasteiger partial charge in [0, 0.05) is 16.6 Å². The lowest BCUT2D eigenvalue weighted by Gasteiger charge is -2.10. The van der Waals surface area contributed by atoms with Crippen molar-refractivity contribution < 1.29 is 19.1 Å². The number of phenolic OH excluding ortho intramolecular Hbond substituents is 1. The molecule has 29 heavy (non-hydrogen) atoms. The number of phenols is 1. The first-order valence-corrected chi connectivity index (χ1v) is 9.62. The maximum absolute atomic E-state index is 12.7. The van der Waals surface area contributed by atoms with Gasteiger partial charge in [-0.3, -0.25) is 0 Å². The number of furan rings is 1. The van der Waals surface area contributed by atoms with Gasteiger partial charge in [-0.2, -0.15) is 0 Å². The molecular weight excluding hydrogens is 366 g/mol. The van der Waals surface area contributed by atoms with Crippen molar-refractivity contribution >= 4 is 16.9 Å². The van der Waals surface area contributed by atoms with Crippen LogP contribution in [0.15, 0.2) is 59.2 Å². The summed E-state index contributed by atoms with van der Waals surface area (Å²) in [5.41, 5.74) is 4.86. The van der Waals surface area contributed by atoms with E-state index in [-0.39, 0.29) is 12.4 Å². The van der Waals surface area contributed by atoms with Gasteiger partial charge in [-0.05, 0) is 50.6 Å². The molecular formula is C24H23NO4. The van der Waals surface area contributed by atoms with Gasteiger partial charge in [-0.25, -0.2) is 4.79 Å². The highest BCUT2D eigenvalue weighted by atomic mass is 16.5. The van der Waals surface area contributed by atoms with Crippen LogP contribution >= 0.6 is 0 Å². The van der Waals surface area contributed by atoms with Gasteiger partial charge in [0.05, 0.1) is 30.5 Å². The van der Waals surface area contributed by atoms with Crippen molar-refractivity contribution in [3.8, 4) is 16.9 Å². The normalized spacial score (nSPS) is 11.1.